The third-order valence-corrected chi connectivity index (χ3v) is 6.43. The number of carbonyl (C=O) groups excluding carboxylic acids is 1. The number of halogens is 1. The van der Waals surface area contributed by atoms with Gasteiger partial charge in [0.05, 0.1) is 0 Å². The number of carbonyl (C=O) groups is 1. The van der Waals surface area contributed by atoms with Gasteiger partial charge in [0.25, 0.3) is 0 Å². The van der Waals surface area contributed by atoms with Crippen LogP contribution in [-0.2, 0) is 11.3 Å². The van der Waals surface area contributed by atoms with Crippen molar-refractivity contribution in [3.05, 3.63) is 47.8 Å². The summed E-state index contributed by atoms with van der Waals surface area (Å²) in [7, 11) is 0. The predicted molar refractivity (Wildman–Crippen MR) is 105 cm³/mol. The largest absolute Gasteiger partial charge is 0.396 e. The smallest absolute Gasteiger partial charge is 0.226 e. The topological polar surface area (TPSA) is 43.8 Å². The Bertz CT molecular complexity index is 668. The highest BCUT2D eigenvalue weighted by Gasteiger charge is 2.45. The molecule has 2 fully saturated rings. The van der Waals surface area contributed by atoms with E-state index in [0.29, 0.717) is 13.0 Å². The summed E-state index contributed by atoms with van der Waals surface area (Å²) < 4.78 is 13.4. The first kappa shape index (κ1) is 20.0. The summed E-state index contributed by atoms with van der Waals surface area (Å²) in [6.07, 6.45) is 7.28. The Morgan fingerprint density at radius 1 is 1.30 bits per heavy atom. The van der Waals surface area contributed by atoms with Gasteiger partial charge in [-0.25, -0.2) is 4.39 Å². The van der Waals surface area contributed by atoms with Crippen LogP contribution in [0.5, 0.6) is 0 Å². The van der Waals surface area contributed by atoms with Crippen LogP contribution in [0, 0.1) is 17.2 Å². The molecule has 5 heteroatoms. The molecule has 1 amide bonds. The summed E-state index contributed by atoms with van der Waals surface area (Å²) in [4.78, 5) is 16.6. The second-order valence-electron chi connectivity index (χ2n) is 8.01. The van der Waals surface area contributed by atoms with Gasteiger partial charge in [0, 0.05) is 38.6 Å². The average molecular weight is 375 g/mol. The minimum atomic E-state index is -0.184. The summed E-state index contributed by atoms with van der Waals surface area (Å²) >= 11 is 0. The van der Waals surface area contributed by atoms with Crippen LogP contribution in [0.3, 0.4) is 0 Å². The number of benzene rings is 1. The third-order valence-electron chi connectivity index (χ3n) is 6.43. The number of hydrogen-bond donors (Lipinski definition) is 1. The van der Waals surface area contributed by atoms with Gasteiger partial charge in [-0.1, -0.05) is 24.3 Å². The lowest BCUT2D eigenvalue weighted by molar-refractivity contribution is -0.137. The molecule has 2 aliphatic rings. The second kappa shape index (κ2) is 8.98. The molecule has 1 N–H and O–H groups in total. The monoisotopic (exact) mass is 374 g/mol. The summed E-state index contributed by atoms with van der Waals surface area (Å²) in [5.74, 6) is 0.123. The Morgan fingerprint density at radius 2 is 2.04 bits per heavy atom. The molecule has 2 heterocycles. The van der Waals surface area contributed by atoms with Gasteiger partial charge in [0.2, 0.25) is 5.91 Å². The lowest BCUT2D eigenvalue weighted by Crippen LogP contribution is -2.54. The molecule has 1 atom stereocenters. The van der Waals surface area contributed by atoms with Crippen LogP contribution >= 0.6 is 0 Å². The lowest BCUT2D eigenvalue weighted by Gasteiger charge is -2.51. The molecule has 0 aromatic heterocycles. The Kier molecular flexibility index (Phi) is 6.66. The standard InChI is InChI=1S/C22H31FN2O2/c1-2-3-7-21(27)25-13-10-22(19(16-25)17-26)8-11-24(12-9-22)15-18-5-4-6-20(23)14-18/h2-6,14,19,26H,7-13,15-17H2,1H3/b3-2+/t19-/m0/s1. The second-order valence-corrected chi connectivity index (χ2v) is 8.01. The van der Waals surface area contributed by atoms with E-state index < -0.39 is 0 Å². The third kappa shape index (κ3) is 4.77. The summed E-state index contributed by atoms with van der Waals surface area (Å²) in [5, 5.41) is 10.0. The molecule has 2 aliphatic heterocycles. The summed E-state index contributed by atoms with van der Waals surface area (Å²) in [5.41, 5.74) is 1.14. The van der Waals surface area contributed by atoms with Crippen LogP contribution in [0.1, 0.15) is 38.2 Å². The van der Waals surface area contributed by atoms with Gasteiger partial charge < -0.3 is 10.0 Å². The SMILES string of the molecule is C/C=C/CC(=O)N1CCC2(CCN(Cc3cccc(F)c3)CC2)[C@H](CO)C1. The number of amides is 1. The zero-order valence-corrected chi connectivity index (χ0v) is 16.2. The van der Waals surface area contributed by atoms with Crippen LogP contribution in [0.4, 0.5) is 4.39 Å². The average Bonchev–Trinajstić information content (AvgIpc) is 2.68. The zero-order chi connectivity index (χ0) is 19.3. The number of aliphatic hydroxyl groups is 1. The fourth-order valence-electron chi connectivity index (χ4n) is 4.65. The molecule has 0 unspecified atom stereocenters. The fraction of sp³-hybridized carbons (Fsp3) is 0.591. The van der Waals surface area contributed by atoms with Crippen LogP contribution in [-0.4, -0.2) is 53.6 Å². The minimum absolute atomic E-state index is 0.130. The van der Waals surface area contributed by atoms with Crippen molar-refractivity contribution < 1.29 is 14.3 Å². The first-order valence-electron chi connectivity index (χ1n) is 10.0. The van der Waals surface area contributed by atoms with E-state index >= 15 is 0 Å². The van der Waals surface area contributed by atoms with Crippen molar-refractivity contribution in [3.63, 3.8) is 0 Å². The maximum atomic E-state index is 13.4. The quantitative estimate of drug-likeness (QED) is 0.805. The van der Waals surface area contributed by atoms with Crippen molar-refractivity contribution in [2.24, 2.45) is 11.3 Å². The summed E-state index contributed by atoms with van der Waals surface area (Å²) in [6.45, 7) is 6.20. The van der Waals surface area contributed by atoms with E-state index in [-0.39, 0.29) is 29.7 Å². The Hall–Kier alpha value is -1.72. The first-order valence-corrected chi connectivity index (χ1v) is 10.0. The number of nitrogens with zero attached hydrogens (tertiary/aromatic N) is 2. The van der Waals surface area contributed by atoms with E-state index in [0.717, 1.165) is 51.0 Å². The summed E-state index contributed by atoms with van der Waals surface area (Å²) in [6, 6.07) is 6.82. The highest BCUT2D eigenvalue weighted by molar-refractivity contribution is 5.77. The molecule has 0 radical (unpaired) electrons. The van der Waals surface area contributed by atoms with Crippen molar-refractivity contribution in [1.82, 2.24) is 9.80 Å². The number of allylic oxidation sites excluding steroid dienone is 1. The molecule has 1 spiro atoms. The lowest BCUT2D eigenvalue weighted by atomic mass is 9.64. The molecule has 0 saturated carbocycles. The number of rotatable bonds is 5. The highest BCUT2D eigenvalue weighted by Crippen LogP contribution is 2.45. The van der Waals surface area contributed by atoms with Gasteiger partial charge >= 0.3 is 0 Å². The van der Waals surface area contributed by atoms with Gasteiger partial charge in [-0.2, -0.15) is 0 Å². The van der Waals surface area contributed by atoms with Crippen LogP contribution < -0.4 is 0 Å². The van der Waals surface area contributed by atoms with Gasteiger partial charge in [-0.05, 0) is 62.4 Å². The van der Waals surface area contributed by atoms with Crippen molar-refractivity contribution in [2.75, 3.05) is 32.8 Å². The molecule has 27 heavy (non-hydrogen) atoms. The molecular formula is C22H31FN2O2. The van der Waals surface area contributed by atoms with Crippen LogP contribution in [0.15, 0.2) is 36.4 Å². The number of likely N-dealkylation sites (tertiary alicyclic amines) is 2. The van der Waals surface area contributed by atoms with E-state index in [9.17, 15) is 14.3 Å². The van der Waals surface area contributed by atoms with Crippen molar-refractivity contribution >= 4 is 5.91 Å². The molecule has 1 aromatic carbocycles. The maximum absolute atomic E-state index is 13.4. The van der Waals surface area contributed by atoms with Crippen LogP contribution in [0.25, 0.3) is 0 Å². The van der Waals surface area contributed by atoms with Crippen molar-refractivity contribution in [2.45, 2.75) is 39.2 Å². The minimum Gasteiger partial charge on any atom is -0.396 e. The predicted octanol–water partition coefficient (Wildman–Crippen LogP) is 3.21. The zero-order valence-electron chi connectivity index (χ0n) is 16.2. The maximum Gasteiger partial charge on any atom is 0.226 e. The van der Waals surface area contributed by atoms with E-state index in [1.54, 1.807) is 12.1 Å². The Labute approximate surface area is 161 Å². The Morgan fingerprint density at radius 3 is 2.70 bits per heavy atom. The molecule has 0 bridgehead atoms. The van der Waals surface area contributed by atoms with Gasteiger partial charge in [0.15, 0.2) is 0 Å². The molecule has 0 aliphatic carbocycles. The van der Waals surface area contributed by atoms with Gasteiger partial charge in [-0.3, -0.25) is 9.69 Å². The fourth-order valence-corrected chi connectivity index (χ4v) is 4.65. The number of aliphatic hydroxyl groups excluding tert-OH is 1. The first-order chi connectivity index (χ1) is 13.1. The van der Waals surface area contributed by atoms with Crippen LogP contribution in [0.2, 0.25) is 0 Å². The number of hydrogen-bond acceptors (Lipinski definition) is 3. The molecule has 2 saturated heterocycles. The molecule has 1 aromatic rings. The highest BCUT2D eigenvalue weighted by atomic mass is 19.1. The van der Waals surface area contributed by atoms with Crippen molar-refractivity contribution in [1.29, 1.82) is 0 Å². The van der Waals surface area contributed by atoms with E-state index in [1.165, 1.54) is 6.07 Å². The normalized spacial score (nSPS) is 23.2. The molecule has 148 valence electrons. The molecule has 3 rings (SSSR count). The number of piperidine rings is 2. The molecular weight excluding hydrogens is 343 g/mol. The van der Waals surface area contributed by atoms with Crippen molar-refractivity contribution in [3.8, 4) is 0 Å². The van der Waals surface area contributed by atoms with Gasteiger partial charge in [-0.15, -0.1) is 0 Å². The van der Waals surface area contributed by atoms with E-state index in [4.69, 9.17) is 0 Å². The van der Waals surface area contributed by atoms with Gasteiger partial charge in [0.1, 0.15) is 5.82 Å². The van der Waals surface area contributed by atoms with E-state index in [2.05, 4.69) is 4.90 Å². The van der Waals surface area contributed by atoms with E-state index in [1.807, 2.05) is 30.0 Å². The Balaban J connectivity index is 1.57. The molecule has 4 nitrogen and oxygen atoms in total.